The average Bonchev–Trinajstić information content (AvgIpc) is 2.56. The predicted molar refractivity (Wildman–Crippen MR) is 82.1 cm³/mol. The van der Waals surface area contributed by atoms with Crippen molar-refractivity contribution in [3.05, 3.63) is 39.9 Å². The molecular weight excluding hydrogens is 320 g/mol. The molecule has 1 aromatic rings. The van der Waals surface area contributed by atoms with Crippen molar-refractivity contribution in [2.45, 2.75) is 25.3 Å². The number of methoxy groups -OCH3 is 2. The lowest BCUT2D eigenvalue weighted by Crippen LogP contribution is -2.45. The zero-order valence-electron chi connectivity index (χ0n) is 13.5. The Hall–Kier alpha value is -2.97. The number of amides is 1. The number of hydrogen-bond acceptors (Lipinski definition) is 7. The second-order valence-electron chi connectivity index (χ2n) is 4.94. The monoisotopic (exact) mass is 338 g/mol. The van der Waals surface area contributed by atoms with Crippen molar-refractivity contribution in [3.63, 3.8) is 0 Å². The van der Waals surface area contributed by atoms with Gasteiger partial charge in [-0.25, -0.2) is 4.79 Å². The standard InChI is InChI=1S/C15H18N2O7/c1-9(18)16-14(15(20)24-3)12(8-13(19)23-2)10-4-6-11(7-5-10)17(21)22/h4-7,12,14H,8H2,1-3H3,(H,16,18)/t12-,14+/m0/s1. The number of nitrogens with zero attached hydrogens (tertiary/aromatic N) is 1. The summed E-state index contributed by atoms with van der Waals surface area (Å²) < 4.78 is 9.30. The Kier molecular flexibility index (Phi) is 6.84. The highest BCUT2D eigenvalue weighted by molar-refractivity contribution is 5.85. The van der Waals surface area contributed by atoms with Gasteiger partial charge in [0.1, 0.15) is 6.04 Å². The van der Waals surface area contributed by atoms with Crippen molar-refractivity contribution in [2.75, 3.05) is 14.2 Å². The van der Waals surface area contributed by atoms with E-state index in [1.54, 1.807) is 0 Å². The quantitative estimate of drug-likeness (QED) is 0.445. The molecule has 1 amide bonds. The van der Waals surface area contributed by atoms with Gasteiger partial charge in [0.05, 0.1) is 25.6 Å². The lowest BCUT2D eigenvalue weighted by molar-refractivity contribution is -0.384. The molecule has 0 aliphatic heterocycles. The Balaban J connectivity index is 3.25. The highest BCUT2D eigenvalue weighted by Gasteiger charge is 2.33. The number of nitrogens with one attached hydrogen (secondary N) is 1. The van der Waals surface area contributed by atoms with Crippen LogP contribution in [0.4, 0.5) is 5.69 Å². The van der Waals surface area contributed by atoms with Crippen LogP contribution in [0.25, 0.3) is 0 Å². The minimum Gasteiger partial charge on any atom is -0.469 e. The van der Waals surface area contributed by atoms with Crippen LogP contribution in [0.5, 0.6) is 0 Å². The maximum Gasteiger partial charge on any atom is 0.329 e. The van der Waals surface area contributed by atoms with Crippen LogP contribution in [-0.2, 0) is 23.9 Å². The van der Waals surface area contributed by atoms with Gasteiger partial charge in [0.25, 0.3) is 5.69 Å². The summed E-state index contributed by atoms with van der Waals surface area (Å²) in [6, 6.07) is 4.21. The lowest BCUT2D eigenvalue weighted by atomic mass is 9.88. The van der Waals surface area contributed by atoms with Crippen molar-refractivity contribution < 1.29 is 28.8 Å². The van der Waals surface area contributed by atoms with Crippen molar-refractivity contribution in [2.24, 2.45) is 0 Å². The first-order chi connectivity index (χ1) is 11.3. The number of rotatable bonds is 7. The maximum atomic E-state index is 12.0. The van der Waals surface area contributed by atoms with Gasteiger partial charge in [-0.1, -0.05) is 12.1 Å². The van der Waals surface area contributed by atoms with Crippen LogP contribution in [0.1, 0.15) is 24.8 Å². The molecule has 9 heteroatoms. The molecule has 0 radical (unpaired) electrons. The van der Waals surface area contributed by atoms with Crippen molar-refractivity contribution >= 4 is 23.5 Å². The van der Waals surface area contributed by atoms with Gasteiger partial charge in [0.15, 0.2) is 0 Å². The summed E-state index contributed by atoms with van der Waals surface area (Å²) in [5, 5.41) is 13.2. The van der Waals surface area contributed by atoms with E-state index in [1.807, 2.05) is 0 Å². The van der Waals surface area contributed by atoms with Crippen molar-refractivity contribution in [3.8, 4) is 0 Å². The third kappa shape index (κ3) is 5.04. The SMILES string of the molecule is COC(=O)C[C@@H](c1ccc([N+](=O)[O-])cc1)[C@@H](NC(C)=O)C(=O)OC. The van der Waals surface area contributed by atoms with E-state index in [4.69, 9.17) is 0 Å². The number of carbonyl (C=O) groups excluding carboxylic acids is 3. The summed E-state index contributed by atoms with van der Waals surface area (Å²) in [6.45, 7) is 1.22. The number of benzene rings is 1. The first-order valence-electron chi connectivity index (χ1n) is 6.96. The molecule has 1 N–H and O–H groups in total. The van der Waals surface area contributed by atoms with Crippen LogP contribution in [0.3, 0.4) is 0 Å². The largest absolute Gasteiger partial charge is 0.469 e. The van der Waals surface area contributed by atoms with E-state index in [-0.39, 0.29) is 12.1 Å². The van der Waals surface area contributed by atoms with Gasteiger partial charge in [0, 0.05) is 25.0 Å². The number of nitro benzene ring substituents is 1. The van der Waals surface area contributed by atoms with Crippen LogP contribution in [-0.4, -0.2) is 43.0 Å². The molecule has 0 heterocycles. The molecule has 24 heavy (non-hydrogen) atoms. The number of carbonyl (C=O) groups is 3. The minimum atomic E-state index is -1.13. The molecule has 1 aromatic carbocycles. The van der Waals surface area contributed by atoms with Gasteiger partial charge in [0.2, 0.25) is 5.91 Å². The van der Waals surface area contributed by atoms with Crippen LogP contribution in [0, 0.1) is 10.1 Å². The average molecular weight is 338 g/mol. The zero-order chi connectivity index (χ0) is 18.3. The third-order valence-electron chi connectivity index (χ3n) is 3.36. The molecule has 0 aliphatic carbocycles. The fraction of sp³-hybridized carbons (Fsp3) is 0.400. The molecule has 0 saturated carbocycles. The highest BCUT2D eigenvalue weighted by atomic mass is 16.6. The fourth-order valence-corrected chi connectivity index (χ4v) is 2.20. The van der Waals surface area contributed by atoms with Gasteiger partial charge in [-0.2, -0.15) is 0 Å². The first kappa shape index (κ1) is 19.1. The molecular formula is C15H18N2O7. The molecule has 0 spiro atoms. The molecule has 0 unspecified atom stereocenters. The summed E-state index contributed by atoms with van der Waals surface area (Å²) in [5.41, 5.74) is 0.319. The Labute approximate surface area is 138 Å². The van der Waals surface area contributed by atoms with E-state index >= 15 is 0 Å². The van der Waals surface area contributed by atoms with E-state index in [2.05, 4.69) is 14.8 Å². The number of ether oxygens (including phenoxy) is 2. The van der Waals surface area contributed by atoms with Crippen LogP contribution in [0.2, 0.25) is 0 Å². The third-order valence-corrected chi connectivity index (χ3v) is 3.36. The molecule has 0 bridgehead atoms. The van der Waals surface area contributed by atoms with Gasteiger partial charge >= 0.3 is 11.9 Å². The number of hydrogen-bond donors (Lipinski definition) is 1. The maximum absolute atomic E-state index is 12.0. The van der Waals surface area contributed by atoms with Crippen LogP contribution < -0.4 is 5.32 Å². The summed E-state index contributed by atoms with van der Waals surface area (Å²) in [4.78, 5) is 45.2. The van der Waals surface area contributed by atoms with Crippen molar-refractivity contribution in [1.29, 1.82) is 0 Å². The summed E-state index contributed by atoms with van der Waals surface area (Å²) in [6.07, 6.45) is -0.214. The highest BCUT2D eigenvalue weighted by Crippen LogP contribution is 2.27. The minimum absolute atomic E-state index is 0.135. The predicted octanol–water partition coefficient (Wildman–Crippen LogP) is 0.919. The zero-order valence-corrected chi connectivity index (χ0v) is 13.5. The van der Waals surface area contributed by atoms with E-state index in [9.17, 15) is 24.5 Å². The molecule has 9 nitrogen and oxygen atoms in total. The Bertz CT molecular complexity index is 627. The Morgan fingerprint density at radius 1 is 1.17 bits per heavy atom. The summed E-state index contributed by atoms with van der Waals surface area (Å²) in [7, 11) is 2.35. The van der Waals surface area contributed by atoms with Crippen LogP contribution in [0.15, 0.2) is 24.3 Å². The topological polar surface area (TPSA) is 125 Å². The van der Waals surface area contributed by atoms with Crippen LogP contribution >= 0.6 is 0 Å². The number of esters is 2. The van der Waals surface area contributed by atoms with Gasteiger partial charge in [-0.3, -0.25) is 19.7 Å². The number of nitro groups is 1. The molecule has 0 fully saturated rings. The smallest absolute Gasteiger partial charge is 0.329 e. The number of non-ortho nitro benzene ring substituents is 1. The van der Waals surface area contributed by atoms with E-state index in [0.717, 1.165) is 7.11 Å². The molecule has 2 atom stereocenters. The molecule has 130 valence electrons. The lowest BCUT2D eigenvalue weighted by Gasteiger charge is -2.25. The Morgan fingerprint density at radius 2 is 1.75 bits per heavy atom. The van der Waals surface area contributed by atoms with Crippen molar-refractivity contribution in [1.82, 2.24) is 5.32 Å². The molecule has 1 rings (SSSR count). The van der Waals surface area contributed by atoms with Gasteiger partial charge in [-0.15, -0.1) is 0 Å². The van der Waals surface area contributed by atoms with Gasteiger partial charge < -0.3 is 14.8 Å². The normalized spacial score (nSPS) is 12.6. The Morgan fingerprint density at radius 3 is 2.17 bits per heavy atom. The first-order valence-corrected chi connectivity index (χ1v) is 6.96. The molecule has 0 saturated heterocycles. The second kappa shape index (κ2) is 8.61. The second-order valence-corrected chi connectivity index (χ2v) is 4.94. The molecule has 0 aliphatic rings. The summed E-state index contributed by atoms with van der Waals surface area (Å²) >= 11 is 0. The van der Waals surface area contributed by atoms with E-state index in [1.165, 1.54) is 38.3 Å². The van der Waals surface area contributed by atoms with Gasteiger partial charge in [-0.05, 0) is 5.56 Å². The fourth-order valence-electron chi connectivity index (χ4n) is 2.20. The summed E-state index contributed by atoms with van der Waals surface area (Å²) in [5.74, 6) is -2.62. The van der Waals surface area contributed by atoms with E-state index in [0.29, 0.717) is 5.56 Å². The molecule has 0 aromatic heterocycles. The van der Waals surface area contributed by atoms with E-state index < -0.39 is 34.7 Å².